The Morgan fingerprint density at radius 3 is 2.67 bits per heavy atom. The molecule has 1 heterocycles. The Labute approximate surface area is 134 Å². The maximum absolute atomic E-state index is 5.76. The molecule has 2 aromatic rings. The molecule has 114 valence electrons. The molecule has 0 unspecified atom stereocenters. The van der Waals surface area contributed by atoms with E-state index in [1.807, 2.05) is 31.2 Å². The second-order valence-electron chi connectivity index (χ2n) is 6.14. The van der Waals surface area contributed by atoms with Crippen molar-refractivity contribution in [1.29, 1.82) is 0 Å². The van der Waals surface area contributed by atoms with Crippen LogP contribution in [-0.2, 0) is 13.2 Å². The zero-order valence-corrected chi connectivity index (χ0v) is 14.6. The van der Waals surface area contributed by atoms with Crippen LogP contribution in [0.3, 0.4) is 0 Å². The number of nitrogens with one attached hydrogen (secondary N) is 1. The molecule has 0 saturated carbocycles. The van der Waals surface area contributed by atoms with Crippen molar-refractivity contribution in [2.24, 2.45) is 0 Å². The molecule has 1 N–H and O–H groups in total. The van der Waals surface area contributed by atoms with Crippen molar-refractivity contribution in [2.75, 3.05) is 0 Å². The fourth-order valence-corrected chi connectivity index (χ4v) is 2.28. The van der Waals surface area contributed by atoms with Crippen molar-refractivity contribution < 1.29 is 9.15 Å². The van der Waals surface area contributed by atoms with Gasteiger partial charge in [0.15, 0.2) is 0 Å². The van der Waals surface area contributed by atoms with Gasteiger partial charge in [-0.1, -0.05) is 22.0 Å². The Kier molecular flexibility index (Phi) is 5.12. The lowest BCUT2D eigenvalue weighted by atomic mass is 10.1. The summed E-state index contributed by atoms with van der Waals surface area (Å²) in [4.78, 5) is 0. The number of rotatable bonds is 5. The highest BCUT2D eigenvalue weighted by molar-refractivity contribution is 9.10. The molecule has 0 saturated heterocycles. The topological polar surface area (TPSA) is 34.4 Å². The number of halogens is 1. The van der Waals surface area contributed by atoms with E-state index in [-0.39, 0.29) is 5.54 Å². The highest BCUT2D eigenvalue weighted by Crippen LogP contribution is 2.21. The summed E-state index contributed by atoms with van der Waals surface area (Å²) in [5.41, 5.74) is 1.27. The van der Waals surface area contributed by atoms with E-state index >= 15 is 0 Å². The Balaban J connectivity index is 1.95. The maximum Gasteiger partial charge on any atom is 0.146 e. The maximum atomic E-state index is 5.76. The van der Waals surface area contributed by atoms with Gasteiger partial charge in [-0.15, -0.1) is 0 Å². The first-order valence-electron chi connectivity index (χ1n) is 7.05. The SMILES string of the molecule is Cc1oc(COc2cccc(Br)c2)cc1CNC(C)(C)C. The highest BCUT2D eigenvalue weighted by Gasteiger charge is 2.12. The molecule has 4 heteroatoms. The summed E-state index contributed by atoms with van der Waals surface area (Å²) in [7, 11) is 0. The van der Waals surface area contributed by atoms with Gasteiger partial charge in [0.25, 0.3) is 0 Å². The average molecular weight is 352 g/mol. The molecular weight excluding hydrogens is 330 g/mol. The van der Waals surface area contributed by atoms with Gasteiger partial charge in [0.05, 0.1) is 0 Å². The van der Waals surface area contributed by atoms with Crippen molar-refractivity contribution in [1.82, 2.24) is 5.32 Å². The van der Waals surface area contributed by atoms with Gasteiger partial charge >= 0.3 is 0 Å². The van der Waals surface area contributed by atoms with Crippen LogP contribution in [0.2, 0.25) is 0 Å². The standard InChI is InChI=1S/C17H22BrNO2/c1-12-13(10-19-17(2,3)4)8-16(21-12)11-20-15-7-5-6-14(18)9-15/h5-9,19H,10-11H2,1-4H3. The largest absolute Gasteiger partial charge is 0.486 e. The molecular formula is C17H22BrNO2. The van der Waals surface area contributed by atoms with Crippen molar-refractivity contribution in [3.8, 4) is 5.75 Å². The summed E-state index contributed by atoms with van der Waals surface area (Å²) >= 11 is 3.43. The van der Waals surface area contributed by atoms with Gasteiger partial charge in [-0.2, -0.15) is 0 Å². The van der Waals surface area contributed by atoms with Gasteiger partial charge in [-0.3, -0.25) is 0 Å². The van der Waals surface area contributed by atoms with Crippen molar-refractivity contribution >= 4 is 15.9 Å². The molecule has 3 nitrogen and oxygen atoms in total. The summed E-state index contributed by atoms with van der Waals surface area (Å²) in [6, 6.07) is 9.86. The van der Waals surface area contributed by atoms with Crippen LogP contribution in [0.15, 0.2) is 39.2 Å². The van der Waals surface area contributed by atoms with Crippen molar-refractivity contribution in [3.05, 3.63) is 51.9 Å². The molecule has 0 aliphatic carbocycles. The number of hydrogen-bond donors (Lipinski definition) is 1. The van der Waals surface area contributed by atoms with E-state index in [4.69, 9.17) is 9.15 Å². The number of hydrogen-bond acceptors (Lipinski definition) is 3. The van der Waals surface area contributed by atoms with Gasteiger partial charge in [-0.25, -0.2) is 0 Å². The minimum absolute atomic E-state index is 0.0939. The molecule has 0 radical (unpaired) electrons. The van der Waals surface area contributed by atoms with E-state index in [1.165, 1.54) is 5.56 Å². The zero-order valence-electron chi connectivity index (χ0n) is 13.0. The first-order valence-corrected chi connectivity index (χ1v) is 7.84. The van der Waals surface area contributed by atoms with Crippen LogP contribution >= 0.6 is 15.9 Å². The van der Waals surface area contributed by atoms with E-state index in [1.54, 1.807) is 0 Å². The Hall–Kier alpha value is -1.26. The van der Waals surface area contributed by atoms with Crippen LogP contribution in [0.25, 0.3) is 0 Å². The van der Waals surface area contributed by atoms with E-state index in [2.05, 4.69) is 48.1 Å². The minimum Gasteiger partial charge on any atom is -0.486 e. The molecule has 0 fully saturated rings. The first-order chi connectivity index (χ1) is 9.83. The fourth-order valence-electron chi connectivity index (χ4n) is 1.91. The van der Waals surface area contributed by atoms with Gasteiger partial charge in [0, 0.05) is 22.1 Å². The van der Waals surface area contributed by atoms with E-state index in [0.717, 1.165) is 28.3 Å². The van der Waals surface area contributed by atoms with Gasteiger partial charge in [0.1, 0.15) is 23.9 Å². The monoisotopic (exact) mass is 351 g/mol. The molecule has 0 spiro atoms. The molecule has 2 rings (SSSR count). The number of aryl methyl sites for hydroxylation is 1. The predicted octanol–water partition coefficient (Wildman–Crippen LogP) is 4.82. The van der Waals surface area contributed by atoms with Crippen LogP contribution in [0.5, 0.6) is 5.75 Å². The molecule has 0 amide bonds. The predicted molar refractivity (Wildman–Crippen MR) is 88.5 cm³/mol. The highest BCUT2D eigenvalue weighted by atomic mass is 79.9. The van der Waals surface area contributed by atoms with Crippen LogP contribution in [-0.4, -0.2) is 5.54 Å². The first kappa shape index (κ1) is 16.1. The average Bonchev–Trinajstić information content (AvgIpc) is 2.74. The molecule has 1 aromatic carbocycles. The van der Waals surface area contributed by atoms with Crippen LogP contribution < -0.4 is 10.1 Å². The minimum atomic E-state index is 0.0939. The Morgan fingerprint density at radius 1 is 1.24 bits per heavy atom. The zero-order chi connectivity index (χ0) is 15.5. The summed E-state index contributed by atoms with van der Waals surface area (Å²) in [5, 5.41) is 3.47. The smallest absolute Gasteiger partial charge is 0.146 e. The third-order valence-corrected chi connectivity index (χ3v) is 3.55. The summed E-state index contributed by atoms with van der Waals surface area (Å²) < 4.78 is 12.5. The van der Waals surface area contributed by atoms with Gasteiger partial charge < -0.3 is 14.5 Å². The molecule has 0 aliphatic rings. The molecule has 0 aliphatic heterocycles. The molecule has 1 aromatic heterocycles. The normalized spacial score (nSPS) is 11.7. The molecule has 0 atom stereocenters. The number of furan rings is 1. The second-order valence-corrected chi connectivity index (χ2v) is 7.06. The summed E-state index contributed by atoms with van der Waals surface area (Å²) in [5.74, 6) is 2.62. The fraction of sp³-hybridized carbons (Fsp3) is 0.412. The summed E-state index contributed by atoms with van der Waals surface area (Å²) in [6.07, 6.45) is 0. The second kappa shape index (κ2) is 6.67. The van der Waals surface area contributed by atoms with Crippen molar-refractivity contribution in [2.45, 2.75) is 46.4 Å². The number of ether oxygens (including phenoxy) is 1. The Morgan fingerprint density at radius 2 is 2.00 bits per heavy atom. The lowest BCUT2D eigenvalue weighted by Crippen LogP contribution is -2.35. The lowest BCUT2D eigenvalue weighted by molar-refractivity contribution is 0.267. The van der Waals surface area contributed by atoms with Crippen LogP contribution in [0.4, 0.5) is 0 Å². The Bertz CT molecular complexity index is 599. The third kappa shape index (κ3) is 5.21. The van der Waals surface area contributed by atoms with Crippen LogP contribution in [0.1, 0.15) is 37.9 Å². The summed E-state index contributed by atoms with van der Waals surface area (Å²) in [6.45, 7) is 9.68. The van der Waals surface area contributed by atoms with Crippen LogP contribution in [0, 0.1) is 6.92 Å². The van der Waals surface area contributed by atoms with E-state index < -0.39 is 0 Å². The lowest BCUT2D eigenvalue weighted by Gasteiger charge is -2.20. The van der Waals surface area contributed by atoms with Crippen molar-refractivity contribution in [3.63, 3.8) is 0 Å². The van der Waals surface area contributed by atoms with Gasteiger partial charge in [-0.05, 0) is 52.0 Å². The number of benzene rings is 1. The van der Waals surface area contributed by atoms with E-state index in [0.29, 0.717) is 6.61 Å². The molecule has 0 bridgehead atoms. The quantitative estimate of drug-likeness (QED) is 0.838. The van der Waals surface area contributed by atoms with Gasteiger partial charge in [0.2, 0.25) is 0 Å². The molecule has 21 heavy (non-hydrogen) atoms. The third-order valence-electron chi connectivity index (χ3n) is 3.06. The van der Waals surface area contributed by atoms with E-state index in [9.17, 15) is 0 Å².